The minimum atomic E-state index is -0.825. The Hall–Kier alpha value is -1.21. The van der Waals surface area contributed by atoms with Crippen molar-refractivity contribution in [1.29, 1.82) is 0 Å². The first-order valence-corrected chi connectivity index (χ1v) is 8.41. The Bertz CT molecular complexity index is 643. The fraction of sp³-hybridized carbons (Fsp3) is 0.188. The van der Waals surface area contributed by atoms with Crippen LogP contribution >= 0.6 is 34.4 Å². The van der Waals surface area contributed by atoms with Gasteiger partial charge in [0.2, 0.25) is 0 Å². The molecule has 0 heterocycles. The molecule has 2 rings (SSSR count). The van der Waals surface area contributed by atoms with Crippen LogP contribution in [0.15, 0.2) is 47.4 Å². The standard InChI is InChI=1S/C16H15IO3S/c1-20-14-7-6-11(9-16(18)19)8-15(14)21-10-12-4-2-3-5-13(12)17/h2-8H,9-10H2,1H3,(H,18,19). The van der Waals surface area contributed by atoms with Crippen LogP contribution in [0.1, 0.15) is 11.1 Å². The van der Waals surface area contributed by atoms with E-state index in [-0.39, 0.29) is 6.42 Å². The first-order chi connectivity index (χ1) is 10.1. The number of carbonyl (C=O) groups is 1. The van der Waals surface area contributed by atoms with Gasteiger partial charge in [-0.25, -0.2) is 0 Å². The molecule has 2 aromatic carbocycles. The van der Waals surface area contributed by atoms with Gasteiger partial charge in [-0.2, -0.15) is 0 Å². The van der Waals surface area contributed by atoms with E-state index in [1.54, 1.807) is 24.9 Å². The number of thioether (sulfide) groups is 1. The van der Waals surface area contributed by atoms with Crippen LogP contribution in [0, 0.1) is 3.57 Å². The highest BCUT2D eigenvalue weighted by Gasteiger charge is 2.09. The molecule has 0 atom stereocenters. The van der Waals surface area contributed by atoms with Gasteiger partial charge in [0.05, 0.1) is 13.5 Å². The molecule has 0 aliphatic carbocycles. The second-order valence-corrected chi connectivity index (χ2v) is 6.62. The maximum Gasteiger partial charge on any atom is 0.307 e. The predicted molar refractivity (Wildman–Crippen MR) is 93.1 cm³/mol. The lowest BCUT2D eigenvalue weighted by Gasteiger charge is -2.10. The Morgan fingerprint density at radius 1 is 1.29 bits per heavy atom. The predicted octanol–water partition coefficient (Wildman–Crippen LogP) is 4.22. The van der Waals surface area contributed by atoms with E-state index >= 15 is 0 Å². The lowest BCUT2D eigenvalue weighted by atomic mass is 10.1. The van der Waals surface area contributed by atoms with Gasteiger partial charge in [0.25, 0.3) is 0 Å². The highest BCUT2D eigenvalue weighted by atomic mass is 127. The lowest BCUT2D eigenvalue weighted by molar-refractivity contribution is -0.136. The van der Waals surface area contributed by atoms with Gasteiger partial charge in [-0.3, -0.25) is 4.79 Å². The van der Waals surface area contributed by atoms with Crippen molar-refractivity contribution in [3.8, 4) is 5.75 Å². The molecule has 0 radical (unpaired) electrons. The smallest absolute Gasteiger partial charge is 0.307 e. The van der Waals surface area contributed by atoms with Crippen molar-refractivity contribution < 1.29 is 14.6 Å². The number of benzene rings is 2. The molecule has 0 aliphatic heterocycles. The zero-order chi connectivity index (χ0) is 15.2. The molecule has 0 saturated carbocycles. The van der Waals surface area contributed by atoms with E-state index in [1.807, 2.05) is 24.3 Å². The largest absolute Gasteiger partial charge is 0.496 e. The third kappa shape index (κ3) is 4.64. The molecular weight excluding hydrogens is 399 g/mol. The maximum atomic E-state index is 10.8. The van der Waals surface area contributed by atoms with Gasteiger partial charge in [0, 0.05) is 14.2 Å². The highest BCUT2D eigenvalue weighted by Crippen LogP contribution is 2.33. The zero-order valence-electron chi connectivity index (χ0n) is 11.5. The van der Waals surface area contributed by atoms with Crippen LogP contribution in [-0.2, 0) is 17.0 Å². The summed E-state index contributed by atoms with van der Waals surface area (Å²) < 4.78 is 6.58. The Morgan fingerprint density at radius 3 is 2.71 bits per heavy atom. The summed E-state index contributed by atoms with van der Waals surface area (Å²) in [7, 11) is 1.63. The molecule has 3 nitrogen and oxygen atoms in total. The lowest BCUT2D eigenvalue weighted by Crippen LogP contribution is -2.00. The molecule has 5 heteroatoms. The third-order valence-electron chi connectivity index (χ3n) is 2.92. The number of hydrogen-bond donors (Lipinski definition) is 1. The molecule has 21 heavy (non-hydrogen) atoms. The average molecular weight is 414 g/mol. The van der Waals surface area contributed by atoms with E-state index in [0.29, 0.717) is 0 Å². The summed E-state index contributed by atoms with van der Waals surface area (Å²) in [4.78, 5) is 11.8. The van der Waals surface area contributed by atoms with E-state index in [0.717, 1.165) is 22.0 Å². The Morgan fingerprint density at radius 2 is 2.05 bits per heavy atom. The second kappa shape index (κ2) is 7.70. The summed E-state index contributed by atoms with van der Waals surface area (Å²) >= 11 is 3.98. The molecule has 0 aromatic heterocycles. The summed E-state index contributed by atoms with van der Waals surface area (Å²) in [6.07, 6.45) is 0.0282. The number of carboxylic acid groups (broad SMARTS) is 1. The van der Waals surface area contributed by atoms with E-state index in [9.17, 15) is 4.79 Å². The SMILES string of the molecule is COc1ccc(CC(=O)O)cc1SCc1ccccc1I. The third-order valence-corrected chi connectivity index (χ3v) is 5.06. The number of ether oxygens (including phenoxy) is 1. The molecule has 110 valence electrons. The number of rotatable bonds is 6. The van der Waals surface area contributed by atoms with Crippen molar-refractivity contribution in [2.45, 2.75) is 17.1 Å². The van der Waals surface area contributed by atoms with Crippen molar-refractivity contribution in [3.63, 3.8) is 0 Å². The van der Waals surface area contributed by atoms with Gasteiger partial charge in [0.15, 0.2) is 0 Å². The molecule has 0 spiro atoms. The van der Waals surface area contributed by atoms with Crippen molar-refractivity contribution in [3.05, 3.63) is 57.2 Å². The molecule has 0 amide bonds. The molecule has 0 saturated heterocycles. The molecule has 0 bridgehead atoms. The minimum Gasteiger partial charge on any atom is -0.496 e. The molecular formula is C16H15IO3S. The van der Waals surface area contributed by atoms with E-state index in [1.165, 1.54) is 9.13 Å². The van der Waals surface area contributed by atoms with Crippen LogP contribution in [0.25, 0.3) is 0 Å². The minimum absolute atomic E-state index is 0.0282. The van der Waals surface area contributed by atoms with Crippen LogP contribution in [0.3, 0.4) is 0 Å². The number of halogens is 1. The molecule has 1 N–H and O–H groups in total. The number of hydrogen-bond acceptors (Lipinski definition) is 3. The second-order valence-electron chi connectivity index (χ2n) is 4.44. The summed E-state index contributed by atoms with van der Waals surface area (Å²) in [5, 5.41) is 8.89. The van der Waals surface area contributed by atoms with Crippen molar-refractivity contribution in [2.24, 2.45) is 0 Å². The van der Waals surface area contributed by atoms with Gasteiger partial charge >= 0.3 is 5.97 Å². The van der Waals surface area contributed by atoms with E-state index < -0.39 is 5.97 Å². The monoisotopic (exact) mass is 414 g/mol. The summed E-state index contributed by atoms with van der Waals surface area (Å²) in [6.45, 7) is 0. The van der Waals surface area contributed by atoms with Gasteiger partial charge in [0.1, 0.15) is 5.75 Å². The Kier molecular flexibility index (Phi) is 5.93. The van der Waals surface area contributed by atoms with Crippen LogP contribution in [0.2, 0.25) is 0 Å². The number of methoxy groups -OCH3 is 1. The summed E-state index contributed by atoms with van der Waals surface area (Å²) in [5.74, 6) is 0.778. The van der Waals surface area contributed by atoms with Crippen molar-refractivity contribution in [1.82, 2.24) is 0 Å². The first-order valence-electron chi connectivity index (χ1n) is 6.35. The Labute approximate surface area is 141 Å². The highest BCUT2D eigenvalue weighted by molar-refractivity contribution is 14.1. The topological polar surface area (TPSA) is 46.5 Å². The quantitative estimate of drug-likeness (QED) is 0.568. The molecule has 0 unspecified atom stereocenters. The number of carboxylic acids is 1. The van der Waals surface area contributed by atoms with Gasteiger partial charge in [-0.15, -0.1) is 11.8 Å². The van der Waals surface area contributed by atoms with Crippen LogP contribution in [-0.4, -0.2) is 18.2 Å². The number of aliphatic carboxylic acids is 1. The van der Waals surface area contributed by atoms with Gasteiger partial charge < -0.3 is 9.84 Å². The maximum absolute atomic E-state index is 10.8. The van der Waals surface area contributed by atoms with Gasteiger partial charge in [-0.1, -0.05) is 24.3 Å². The normalized spacial score (nSPS) is 10.4. The van der Waals surface area contributed by atoms with E-state index in [2.05, 4.69) is 34.7 Å². The van der Waals surface area contributed by atoms with Crippen LogP contribution in [0.5, 0.6) is 5.75 Å². The van der Waals surface area contributed by atoms with Crippen LogP contribution < -0.4 is 4.74 Å². The van der Waals surface area contributed by atoms with E-state index in [4.69, 9.17) is 9.84 Å². The fourth-order valence-electron chi connectivity index (χ4n) is 1.89. The fourth-order valence-corrected chi connectivity index (χ4v) is 3.82. The Balaban J connectivity index is 2.17. The molecule has 0 aliphatic rings. The summed E-state index contributed by atoms with van der Waals surface area (Å²) in [5.41, 5.74) is 2.04. The first kappa shape index (κ1) is 16.2. The zero-order valence-corrected chi connectivity index (χ0v) is 14.5. The van der Waals surface area contributed by atoms with Crippen molar-refractivity contribution >= 4 is 40.3 Å². The summed E-state index contributed by atoms with van der Waals surface area (Å²) in [6, 6.07) is 13.7. The molecule has 2 aromatic rings. The van der Waals surface area contributed by atoms with Crippen molar-refractivity contribution in [2.75, 3.05) is 7.11 Å². The van der Waals surface area contributed by atoms with Crippen LogP contribution in [0.4, 0.5) is 0 Å². The van der Waals surface area contributed by atoms with Gasteiger partial charge in [-0.05, 0) is 51.9 Å². The average Bonchev–Trinajstić information content (AvgIpc) is 2.46. The molecule has 0 fully saturated rings.